The third-order valence-electron chi connectivity index (χ3n) is 5.37. The van der Waals surface area contributed by atoms with Gasteiger partial charge in [0.25, 0.3) is 17.7 Å². The van der Waals surface area contributed by atoms with Crippen LogP contribution in [0.2, 0.25) is 0 Å². The van der Waals surface area contributed by atoms with Crippen molar-refractivity contribution in [2.24, 2.45) is 0 Å². The Bertz CT molecular complexity index is 1460. The van der Waals surface area contributed by atoms with Crippen LogP contribution in [-0.2, 0) is 13.0 Å². The normalized spacial score (nSPS) is 10.4. The predicted octanol–water partition coefficient (Wildman–Crippen LogP) is 5.28. The van der Waals surface area contributed by atoms with E-state index >= 15 is 0 Å². The maximum Gasteiger partial charge on any atom is 0.259 e. The average molecular weight is 501 g/mol. The topological polar surface area (TPSA) is 97.1 Å². The molecule has 2 heterocycles. The number of benzene rings is 2. The number of pyridine rings is 2. The first-order valence-electron chi connectivity index (χ1n) is 11.4. The molecule has 1 amide bonds. The monoisotopic (exact) mass is 500 g/mol. The summed E-state index contributed by atoms with van der Waals surface area (Å²) in [7, 11) is 0. The van der Waals surface area contributed by atoms with Gasteiger partial charge in [0.1, 0.15) is 12.4 Å². The first kappa shape index (κ1) is 25.3. The second-order valence-electron chi connectivity index (χ2n) is 8.03. The van der Waals surface area contributed by atoms with Gasteiger partial charge in [-0.1, -0.05) is 24.3 Å². The Kier molecular flexibility index (Phi) is 8.01. The average Bonchev–Trinajstić information content (AvgIpc) is 2.93. The molecular weight excluding hydrogens is 478 g/mol. The van der Waals surface area contributed by atoms with E-state index in [-0.39, 0.29) is 23.8 Å². The molecule has 0 aliphatic heterocycles. The van der Waals surface area contributed by atoms with Crippen molar-refractivity contribution in [2.45, 2.75) is 20.0 Å². The number of hydrogen-bond acceptors (Lipinski definition) is 6. The molecule has 9 heteroatoms. The van der Waals surface area contributed by atoms with Crippen LogP contribution in [0.3, 0.4) is 0 Å². The van der Waals surface area contributed by atoms with Crippen molar-refractivity contribution in [1.29, 1.82) is 5.26 Å². The zero-order valence-electron chi connectivity index (χ0n) is 19.9. The van der Waals surface area contributed by atoms with Crippen LogP contribution in [-0.4, -0.2) is 22.4 Å². The van der Waals surface area contributed by atoms with Crippen molar-refractivity contribution in [3.8, 4) is 23.6 Å². The fraction of sp³-hybridized carbons (Fsp3) is 0.143. The number of hydrogen-bond donors (Lipinski definition) is 1. The van der Waals surface area contributed by atoms with Gasteiger partial charge in [0, 0.05) is 36.0 Å². The minimum Gasteiger partial charge on any atom is -0.471 e. The molecule has 1 N–H and O–H groups in total. The first-order chi connectivity index (χ1) is 17.9. The molecule has 0 aliphatic carbocycles. The quantitative estimate of drug-likeness (QED) is 0.336. The molecule has 0 saturated carbocycles. The first-order valence-corrected chi connectivity index (χ1v) is 11.4. The number of aromatic nitrogens is 2. The lowest BCUT2D eigenvalue weighted by Gasteiger charge is -2.13. The minimum atomic E-state index is -0.975. The van der Waals surface area contributed by atoms with E-state index in [9.17, 15) is 13.6 Å². The summed E-state index contributed by atoms with van der Waals surface area (Å²) in [5, 5.41) is 11.9. The largest absolute Gasteiger partial charge is 0.471 e. The van der Waals surface area contributed by atoms with Gasteiger partial charge in [0.05, 0.1) is 11.6 Å². The highest BCUT2D eigenvalue weighted by Gasteiger charge is 2.20. The van der Waals surface area contributed by atoms with E-state index in [0.717, 1.165) is 5.69 Å². The van der Waals surface area contributed by atoms with Gasteiger partial charge in [0.15, 0.2) is 11.6 Å². The van der Waals surface area contributed by atoms with Gasteiger partial charge in [-0.05, 0) is 55.0 Å². The maximum absolute atomic E-state index is 14.7. The molecule has 0 saturated heterocycles. The molecule has 0 spiro atoms. The molecule has 0 bridgehead atoms. The maximum atomic E-state index is 14.7. The Morgan fingerprint density at radius 3 is 2.62 bits per heavy atom. The number of amides is 1. The van der Waals surface area contributed by atoms with E-state index in [1.807, 2.05) is 24.3 Å². The molecule has 0 radical (unpaired) electrons. The van der Waals surface area contributed by atoms with Crippen LogP contribution in [0.15, 0.2) is 72.9 Å². The molecule has 7 nitrogen and oxygen atoms in total. The van der Waals surface area contributed by atoms with Crippen LogP contribution < -0.4 is 14.8 Å². The zero-order valence-corrected chi connectivity index (χ0v) is 19.9. The Labute approximate surface area is 212 Å². The molecule has 186 valence electrons. The summed E-state index contributed by atoms with van der Waals surface area (Å²) in [5.74, 6) is -2.96. The summed E-state index contributed by atoms with van der Waals surface area (Å²) >= 11 is 0. The van der Waals surface area contributed by atoms with Crippen molar-refractivity contribution in [3.63, 3.8) is 0 Å². The fourth-order valence-electron chi connectivity index (χ4n) is 3.42. The second-order valence-corrected chi connectivity index (χ2v) is 8.03. The number of rotatable bonds is 9. The Morgan fingerprint density at radius 2 is 1.84 bits per heavy atom. The van der Waals surface area contributed by atoms with Crippen molar-refractivity contribution in [3.05, 3.63) is 113 Å². The third kappa shape index (κ3) is 6.44. The van der Waals surface area contributed by atoms with E-state index in [1.54, 1.807) is 42.6 Å². The lowest BCUT2D eigenvalue weighted by molar-refractivity contribution is 0.0954. The molecule has 0 unspecified atom stereocenters. The van der Waals surface area contributed by atoms with Crippen molar-refractivity contribution < 1.29 is 23.0 Å². The molecular formula is C28H22F2N4O3. The summed E-state index contributed by atoms with van der Waals surface area (Å²) in [6.45, 7) is 1.54. The number of ether oxygens (including phenoxy) is 2. The Morgan fingerprint density at radius 1 is 1.03 bits per heavy atom. The third-order valence-corrected chi connectivity index (χ3v) is 5.37. The lowest BCUT2D eigenvalue weighted by Crippen LogP contribution is -2.26. The van der Waals surface area contributed by atoms with Crippen LogP contribution in [0, 0.1) is 29.9 Å². The molecule has 0 fully saturated rings. The highest BCUT2D eigenvalue weighted by molar-refractivity contribution is 5.94. The number of halogens is 2. The lowest BCUT2D eigenvalue weighted by atomic mass is 10.1. The van der Waals surface area contributed by atoms with Gasteiger partial charge in [-0.2, -0.15) is 10.2 Å². The summed E-state index contributed by atoms with van der Waals surface area (Å²) in [4.78, 5) is 20.6. The van der Waals surface area contributed by atoms with Crippen molar-refractivity contribution in [1.82, 2.24) is 15.3 Å². The standard InChI is InChI=1S/C28H22F2N4O3/c1-18-24(29)27(34-28(25(18)30)37-23-10-5-6-19(15-23)16-31)36-17-20-7-4-8-21(14-20)26(35)33-13-11-22-9-2-3-12-32-22/h2-10,12,14-15H,11,13,17H2,1H3,(H,33,35). The number of carbonyl (C=O) groups is 1. The summed E-state index contributed by atoms with van der Waals surface area (Å²) in [6, 6.07) is 20.3. The Hall–Kier alpha value is -4.84. The fourth-order valence-corrected chi connectivity index (χ4v) is 3.42. The zero-order chi connectivity index (χ0) is 26.2. The molecule has 4 aromatic rings. The molecule has 37 heavy (non-hydrogen) atoms. The van der Waals surface area contributed by atoms with Gasteiger partial charge >= 0.3 is 0 Å². The molecule has 0 atom stereocenters. The number of nitriles is 1. The van der Waals surface area contributed by atoms with E-state index in [0.29, 0.717) is 29.7 Å². The van der Waals surface area contributed by atoms with Crippen LogP contribution in [0.1, 0.15) is 32.7 Å². The molecule has 2 aromatic heterocycles. The van der Waals surface area contributed by atoms with Gasteiger partial charge in [-0.15, -0.1) is 0 Å². The van der Waals surface area contributed by atoms with Gasteiger partial charge < -0.3 is 14.8 Å². The number of nitrogens with one attached hydrogen (secondary N) is 1. The van der Waals surface area contributed by atoms with Crippen LogP contribution in [0.4, 0.5) is 8.78 Å². The van der Waals surface area contributed by atoms with Gasteiger partial charge in [-0.25, -0.2) is 8.78 Å². The number of carbonyl (C=O) groups excluding carboxylic acids is 1. The molecule has 2 aromatic carbocycles. The minimum absolute atomic E-state index is 0.118. The van der Waals surface area contributed by atoms with Crippen molar-refractivity contribution in [2.75, 3.05) is 6.54 Å². The van der Waals surface area contributed by atoms with Crippen molar-refractivity contribution >= 4 is 5.91 Å². The number of nitrogens with zero attached hydrogens (tertiary/aromatic N) is 3. The van der Waals surface area contributed by atoms with E-state index in [4.69, 9.17) is 14.7 Å². The Balaban J connectivity index is 1.43. The summed E-state index contributed by atoms with van der Waals surface area (Å²) in [5.41, 5.74) is 1.86. The van der Waals surface area contributed by atoms with E-state index < -0.39 is 23.4 Å². The summed E-state index contributed by atoms with van der Waals surface area (Å²) < 4.78 is 40.3. The van der Waals surface area contributed by atoms with Crippen LogP contribution in [0.5, 0.6) is 17.5 Å². The second kappa shape index (κ2) is 11.7. The van der Waals surface area contributed by atoms with E-state index in [1.165, 1.54) is 19.1 Å². The molecule has 4 rings (SSSR count). The van der Waals surface area contributed by atoms with E-state index in [2.05, 4.69) is 15.3 Å². The highest BCUT2D eigenvalue weighted by Crippen LogP contribution is 2.31. The predicted molar refractivity (Wildman–Crippen MR) is 131 cm³/mol. The highest BCUT2D eigenvalue weighted by atomic mass is 19.1. The smallest absolute Gasteiger partial charge is 0.259 e. The van der Waals surface area contributed by atoms with Crippen LogP contribution >= 0.6 is 0 Å². The SMILES string of the molecule is Cc1c(F)c(OCc2cccc(C(=O)NCCc3ccccn3)c2)nc(Oc2cccc(C#N)c2)c1F. The molecule has 0 aliphatic rings. The van der Waals surface area contributed by atoms with Crippen LogP contribution in [0.25, 0.3) is 0 Å². The van der Waals surface area contributed by atoms with Gasteiger partial charge in [0.2, 0.25) is 0 Å². The summed E-state index contributed by atoms with van der Waals surface area (Å²) in [6.07, 6.45) is 2.29. The van der Waals surface area contributed by atoms with Gasteiger partial charge in [-0.3, -0.25) is 9.78 Å².